The summed E-state index contributed by atoms with van der Waals surface area (Å²) in [5.74, 6) is -0.968. The molecule has 0 spiro atoms. The van der Waals surface area contributed by atoms with Crippen molar-refractivity contribution in [2.45, 2.75) is 32.2 Å². The van der Waals surface area contributed by atoms with Crippen molar-refractivity contribution in [1.82, 2.24) is 10.3 Å². The van der Waals surface area contributed by atoms with Crippen LogP contribution in [0, 0.1) is 0 Å². The van der Waals surface area contributed by atoms with E-state index in [2.05, 4.69) is 10.3 Å². The van der Waals surface area contributed by atoms with Crippen LogP contribution in [-0.4, -0.2) is 28.0 Å². The number of hydrogen-bond acceptors (Lipinski definition) is 3. The van der Waals surface area contributed by atoms with Gasteiger partial charge in [0, 0.05) is 24.0 Å². The van der Waals surface area contributed by atoms with Gasteiger partial charge in [0.25, 0.3) is 5.91 Å². The lowest BCUT2D eigenvalue weighted by Crippen LogP contribution is -2.32. The van der Waals surface area contributed by atoms with Gasteiger partial charge < -0.3 is 10.4 Å². The molecule has 21 heavy (non-hydrogen) atoms. The molecule has 1 atom stereocenters. The van der Waals surface area contributed by atoms with E-state index in [-0.39, 0.29) is 18.4 Å². The van der Waals surface area contributed by atoms with Crippen molar-refractivity contribution in [2.75, 3.05) is 0 Å². The first-order valence-electron chi connectivity index (χ1n) is 6.94. The lowest BCUT2D eigenvalue weighted by molar-refractivity contribution is -0.137. The predicted molar refractivity (Wildman–Crippen MR) is 80.2 cm³/mol. The first-order chi connectivity index (χ1) is 10.1. The van der Waals surface area contributed by atoms with Crippen molar-refractivity contribution in [3.8, 4) is 0 Å². The Morgan fingerprint density at radius 3 is 2.81 bits per heavy atom. The quantitative estimate of drug-likeness (QED) is 0.855. The number of carbonyl (C=O) groups excluding carboxylic acids is 1. The number of pyridine rings is 1. The van der Waals surface area contributed by atoms with E-state index in [1.807, 2.05) is 31.2 Å². The molecule has 5 heteroatoms. The second-order valence-electron chi connectivity index (χ2n) is 5.04. The van der Waals surface area contributed by atoms with Gasteiger partial charge in [-0.3, -0.25) is 14.6 Å². The molecule has 1 aromatic carbocycles. The number of nitrogens with zero attached hydrogens (tertiary/aromatic N) is 1. The van der Waals surface area contributed by atoms with Crippen LogP contribution in [0.1, 0.15) is 36.5 Å². The summed E-state index contributed by atoms with van der Waals surface area (Å²) in [5, 5.41) is 12.3. The Hall–Kier alpha value is -2.43. The Labute approximate surface area is 123 Å². The zero-order valence-corrected chi connectivity index (χ0v) is 11.9. The number of fused-ring (bicyclic) bond motifs is 1. The molecule has 0 aliphatic heterocycles. The number of amides is 1. The van der Waals surface area contributed by atoms with Crippen LogP contribution in [0.3, 0.4) is 0 Å². The molecule has 2 rings (SSSR count). The molecule has 2 aromatic rings. The topological polar surface area (TPSA) is 79.3 Å². The summed E-state index contributed by atoms with van der Waals surface area (Å²) in [4.78, 5) is 27.0. The summed E-state index contributed by atoms with van der Waals surface area (Å²) in [5.41, 5.74) is 1.37. The molecule has 2 N–H and O–H groups in total. The van der Waals surface area contributed by atoms with Gasteiger partial charge in [-0.15, -0.1) is 0 Å². The van der Waals surface area contributed by atoms with Gasteiger partial charge in [0.2, 0.25) is 0 Å². The van der Waals surface area contributed by atoms with Crippen molar-refractivity contribution in [3.63, 3.8) is 0 Å². The maximum atomic E-state index is 12.3. The van der Waals surface area contributed by atoms with Crippen molar-refractivity contribution in [1.29, 1.82) is 0 Å². The average molecular weight is 286 g/mol. The Morgan fingerprint density at radius 2 is 2.05 bits per heavy atom. The monoisotopic (exact) mass is 286 g/mol. The molecule has 0 bridgehead atoms. The number of aromatic nitrogens is 1. The minimum Gasteiger partial charge on any atom is -0.481 e. The highest BCUT2D eigenvalue weighted by Crippen LogP contribution is 2.16. The minimum absolute atomic E-state index is 0.0659. The summed E-state index contributed by atoms with van der Waals surface area (Å²) in [6.07, 6.45) is 2.93. The number of hydrogen-bond donors (Lipinski definition) is 2. The van der Waals surface area contributed by atoms with Crippen LogP contribution < -0.4 is 5.32 Å². The third-order valence-corrected chi connectivity index (χ3v) is 3.30. The highest BCUT2D eigenvalue weighted by Gasteiger charge is 2.13. The Bertz CT molecular complexity index is 650. The number of nitrogens with one attached hydrogen (secondary N) is 1. The van der Waals surface area contributed by atoms with E-state index < -0.39 is 5.97 Å². The highest BCUT2D eigenvalue weighted by molar-refractivity contribution is 6.06. The van der Waals surface area contributed by atoms with Gasteiger partial charge in [-0.05, 0) is 31.9 Å². The molecule has 1 amide bonds. The highest BCUT2D eigenvalue weighted by atomic mass is 16.4. The maximum absolute atomic E-state index is 12.3. The number of rotatable bonds is 6. The predicted octanol–water partition coefficient (Wildman–Crippen LogP) is 2.61. The van der Waals surface area contributed by atoms with Crippen LogP contribution in [0.25, 0.3) is 10.9 Å². The maximum Gasteiger partial charge on any atom is 0.303 e. The molecule has 0 aliphatic rings. The van der Waals surface area contributed by atoms with Gasteiger partial charge in [0.1, 0.15) is 0 Å². The molecule has 0 aliphatic carbocycles. The van der Waals surface area contributed by atoms with E-state index in [0.29, 0.717) is 18.4 Å². The number of para-hydroxylation sites is 1. The van der Waals surface area contributed by atoms with E-state index in [9.17, 15) is 9.59 Å². The fourth-order valence-electron chi connectivity index (χ4n) is 2.23. The second-order valence-corrected chi connectivity index (χ2v) is 5.04. The number of carboxylic acid groups (broad SMARTS) is 1. The molecular weight excluding hydrogens is 268 g/mol. The largest absolute Gasteiger partial charge is 0.481 e. The van der Waals surface area contributed by atoms with Gasteiger partial charge in [-0.2, -0.15) is 0 Å². The lowest BCUT2D eigenvalue weighted by atomic mass is 10.1. The van der Waals surface area contributed by atoms with Crippen LogP contribution in [0.2, 0.25) is 0 Å². The Kier molecular flexibility index (Phi) is 4.87. The molecule has 0 fully saturated rings. The third kappa shape index (κ3) is 4.02. The van der Waals surface area contributed by atoms with Crippen LogP contribution >= 0.6 is 0 Å². The molecule has 1 aromatic heterocycles. The molecule has 0 radical (unpaired) electrons. The van der Waals surface area contributed by atoms with E-state index in [1.165, 1.54) is 0 Å². The SMILES string of the molecule is CC(CCCC(=O)O)NC(=O)c1ccnc2ccccc12. The Morgan fingerprint density at radius 1 is 1.29 bits per heavy atom. The summed E-state index contributed by atoms with van der Waals surface area (Å²) < 4.78 is 0. The van der Waals surface area contributed by atoms with Gasteiger partial charge in [-0.25, -0.2) is 0 Å². The normalized spacial score (nSPS) is 12.0. The molecule has 110 valence electrons. The summed E-state index contributed by atoms with van der Waals surface area (Å²) in [6, 6.07) is 9.11. The fraction of sp³-hybridized carbons (Fsp3) is 0.312. The molecule has 1 heterocycles. The van der Waals surface area contributed by atoms with Gasteiger partial charge >= 0.3 is 5.97 Å². The molecule has 0 saturated heterocycles. The standard InChI is InChI=1S/C16H18N2O3/c1-11(5-4-8-15(19)20)18-16(21)13-9-10-17-14-7-3-2-6-12(13)14/h2-3,6-7,9-11H,4-5,8H2,1H3,(H,18,21)(H,19,20). The van der Waals surface area contributed by atoms with Crippen molar-refractivity contribution < 1.29 is 14.7 Å². The second kappa shape index (κ2) is 6.83. The van der Waals surface area contributed by atoms with Gasteiger partial charge in [0.15, 0.2) is 0 Å². The molecule has 0 saturated carbocycles. The number of benzene rings is 1. The third-order valence-electron chi connectivity index (χ3n) is 3.30. The number of carbonyl (C=O) groups is 2. The van der Waals surface area contributed by atoms with E-state index >= 15 is 0 Å². The summed E-state index contributed by atoms with van der Waals surface area (Å²) in [7, 11) is 0. The molecule has 1 unspecified atom stereocenters. The van der Waals surface area contributed by atoms with Crippen LogP contribution in [-0.2, 0) is 4.79 Å². The number of carboxylic acids is 1. The zero-order valence-electron chi connectivity index (χ0n) is 11.9. The van der Waals surface area contributed by atoms with E-state index in [4.69, 9.17) is 5.11 Å². The lowest BCUT2D eigenvalue weighted by Gasteiger charge is -2.14. The summed E-state index contributed by atoms with van der Waals surface area (Å²) >= 11 is 0. The molecule has 5 nitrogen and oxygen atoms in total. The van der Waals surface area contributed by atoms with E-state index in [0.717, 1.165) is 10.9 Å². The van der Waals surface area contributed by atoms with Crippen LogP contribution in [0.15, 0.2) is 36.5 Å². The van der Waals surface area contributed by atoms with Crippen molar-refractivity contribution in [3.05, 3.63) is 42.1 Å². The first-order valence-corrected chi connectivity index (χ1v) is 6.94. The van der Waals surface area contributed by atoms with Crippen molar-refractivity contribution in [2.24, 2.45) is 0 Å². The van der Waals surface area contributed by atoms with E-state index in [1.54, 1.807) is 12.3 Å². The van der Waals surface area contributed by atoms with Crippen molar-refractivity contribution >= 4 is 22.8 Å². The average Bonchev–Trinajstić information content (AvgIpc) is 2.46. The zero-order chi connectivity index (χ0) is 15.2. The Balaban J connectivity index is 2.03. The first kappa shape index (κ1) is 15.0. The van der Waals surface area contributed by atoms with Gasteiger partial charge in [-0.1, -0.05) is 18.2 Å². The smallest absolute Gasteiger partial charge is 0.303 e. The fourth-order valence-corrected chi connectivity index (χ4v) is 2.23. The van der Waals surface area contributed by atoms with Gasteiger partial charge in [0.05, 0.1) is 11.1 Å². The minimum atomic E-state index is -0.811. The number of aliphatic carboxylic acids is 1. The van der Waals surface area contributed by atoms with Crippen LogP contribution in [0.5, 0.6) is 0 Å². The van der Waals surface area contributed by atoms with Crippen LogP contribution in [0.4, 0.5) is 0 Å². The molecular formula is C16H18N2O3. The summed E-state index contributed by atoms with van der Waals surface area (Å²) in [6.45, 7) is 1.88.